The first kappa shape index (κ1) is 18.3. The highest BCUT2D eigenvalue weighted by Crippen LogP contribution is 2.25. The summed E-state index contributed by atoms with van der Waals surface area (Å²) in [6, 6.07) is 7.21. The van der Waals surface area contributed by atoms with Crippen LogP contribution in [0.1, 0.15) is 48.5 Å². The third-order valence-electron chi connectivity index (χ3n) is 3.51. The number of anilines is 2. The fraction of sp³-hybridized carbons (Fsp3) is 0.438. The summed E-state index contributed by atoms with van der Waals surface area (Å²) in [5.74, 6) is -0.393. The van der Waals surface area contributed by atoms with E-state index in [9.17, 15) is 13.6 Å². The van der Waals surface area contributed by atoms with E-state index in [-0.39, 0.29) is 5.13 Å². The third-order valence-corrected chi connectivity index (χ3v) is 4.35. The molecule has 2 aromatic rings. The minimum absolute atomic E-state index is 0.0671. The van der Waals surface area contributed by atoms with Crippen molar-refractivity contribution >= 4 is 28.1 Å². The van der Waals surface area contributed by atoms with E-state index in [1.807, 2.05) is 12.1 Å². The number of carbonyl (C=O) groups excluding carboxylic acids is 1. The largest absolute Gasteiger partial charge is 0.372 e. The molecule has 1 amide bonds. The van der Waals surface area contributed by atoms with Gasteiger partial charge >= 0.3 is 0 Å². The average Bonchev–Trinajstić information content (AvgIpc) is 3.05. The number of nitrogens with zero attached hydrogens (tertiary/aromatic N) is 3. The van der Waals surface area contributed by atoms with Crippen LogP contribution in [0.2, 0.25) is 0 Å². The molecule has 0 spiro atoms. The van der Waals surface area contributed by atoms with E-state index < -0.39 is 17.3 Å². The first-order valence-corrected chi connectivity index (χ1v) is 8.64. The molecule has 0 bridgehead atoms. The summed E-state index contributed by atoms with van der Waals surface area (Å²) in [5.41, 5.74) is 1.50. The van der Waals surface area contributed by atoms with Crippen LogP contribution in [-0.2, 0) is 0 Å². The number of nitrogens with one attached hydrogen (secondary N) is 1. The Morgan fingerprint density at radius 1 is 1.25 bits per heavy atom. The molecule has 0 aliphatic heterocycles. The van der Waals surface area contributed by atoms with Crippen molar-refractivity contribution < 1.29 is 13.6 Å². The van der Waals surface area contributed by atoms with Gasteiger partial charge in [-0.05, 0) is 37.6 Å². The van der Waals surface area contributed by atoms with Gasteiger partial charge in [0, 0.05) is 24.3 Å². The predicted octanol–water partition coefficient (Wildman–Crippen LogP) is 4.35. The van der Waals surface area contributed by atoms with E-state index in [0.29, 0.717) is 16.9 Å². The molecule has 5 nitrogen and oxygen atoms in total. The molecule has 130 valence electrons. The van der Waals surface area contributed by atoms with E-state index in [2.05, 4.69) is 34.3 Å². The number of unbranched alkanes of at least 4 members (excludes halogenated alkanes) is 1. The minimum atomic E-state index is -2.68. The molecular formula is C16H20F2N4OS. The number of rotatable bonds is 8. The van der Waals surface area contributed by atoms with Gasteiger partial charge in [-0.25, -0.2) is 8.78 Å². The maximum absolute atomic E-state index is 12.5. The molecule has 0 saturated carbocycles. The Hall–Kier alpha value is -2.09. The zero-order valence-corrected chi connectivity index (χ0v) is 14.4. The molecular weight excluding hydrogens is 334 g/mol. The number of carbonyl (C=O) groups is 1. The van der Waals surface area contributed by atoms with Crippen LogP contribution in [0.4, 0.5) is 19.6 Å². The van der Waals surface area contributed by atoms with Crippen LogP contribution in [-0.4, -0.2) is 29.2 Å². The zero-order chi connectivity index (χ0) is 17.5. The van der Waals surface area contributed by atoms with E-state index in [4.69, 9.17) is 0 Å². The van der Waals surface area contributed by atoms with Crippen LogP contribution in [0.5, 0.6) is 0 Å². The maximum Gasteiger partial charge on any atom is 0.291 e. The van der Waals surface area contributed by atoms with Gasteiger partial charge in [0.05, 0.1) is 0 Å². The van der Waals surface area contributed by atoms with Gasteiger partial charge in [-0.3, -0.25) is 10.1 Å². The molecule has 0 aliphatic carbocycles. The number of amides is 1. The van der Waals surface area contributed by atoms with Gasteiger partial charge in [0.25, 0.3) is 12.3 Å². The Labute approximate surface area is 143 Å². The van der Waals surface area contributed by atoms with Crippen molar-refractivity contribution in [3.63, 3.8) is 0 Å². The minimum Gasteiger partial charge on any atom is -0.372 e. The van der Waals surface area contributed by atoms with Crippen LogP contribution < -0.4 is 10.2 Å². The lowest BCUT2D eigenvalue weighted by atomic mass is 10.1. The lowest BCUT2D eigenvalue weighted by Gasteiger charge is -2.23. The van der Waals surface area contributed by atoms with E-state index >= 15 is 0 Å². The lowest BCUT2D eigenvalue weighted by molar-refractivity contribution is 0.102. The highest BCUT2D eigenvalue weighted by molar-refractivity contribution is 7.15. The number of aromatic nitrogens is 2. The van der Waals surface area contributed by atoms with E-state index in [1.54, 1.807) is 12.1 Å². The van der Waals surface area contributed by atoms with Crippen molar-refractivity contribution in [3.05, 3.63) is 34.8 Å². The molecule has 1 aromatic carbocycles. The van der Waals surface area contributed by atoms with Gasteiger partial charge in [-0.15, -0.1) is 10.2 Å². The number of alkyl halides is 2. The summed E-state index contributed by atoms with van der Waals surface area (Å²) in [4.78, 5) is 14.4. The summed E-state index contributed by atoms with van der Waals surface area (Å²) in [7, 11) is 0. The monoisotopic (exact) mass is 354 g/mol. The predicted molar refractivity (Wildman–Crippen MR) is 92.1 cm³/mol. The second-order valence-corrected chi connectivity index (χ2v) is 6.19. The molecule has 2 rings (SSSR count). The first-order valence-electron chi connectivity index (χ1n) is 7.83. The maximum atomic E-state index is 12.5. The molecule has 1 aromatic heterocycles. The molecule has 0 radical (unpaired) electrons. The second-order valence-electron chi connectivity index (χ2n) is 5.18. The summed E-state index contributed by atoms with van der Waals surface area (Å²) in [6.07, 6.45) is -0.449. The molecule has 0 unspecified atom stereocenters. The summed E-state index contributed by atoms with van der Waals surface area (Å²) in [6.45, 7) is 6.10. The highest BCUT2D eigenvalue weighted by Gasteiger charge is 2.16. The standard InChI is InChI=1S/C16H20F2N4OS/c1-3-5-10-22(4-2)12-8-6-11(7-9-12)14(23)19-16-21-20-15(24-16)13(17)18/h6-9,13H,3-5,10H2,1-2H3,(H,19,21,23). The Balaban J connectivity index is 2.02. The SMILES string of the molecule is CCCCN(CC)c1ccc(C(=O)Nc2nnc(C(F)F)s2)cc1. The summed E-state index contributed by atoms with van der Waals surface area (Å²) < 4.78 is 24.9. The van der Waals surface area contributed by atoms with Crippen molar-refractivity contribution in [2.24, 2.45) is 0 Å². The summed E-state index contributed by atoms with van der Waals surface area (Å²) in [5, 5.41) is 9.03. The lowest BCUT2D eigenvalue weighted by Crippen LogP contribution is -2.23. The van der Waals surface area contributed by atoms with Gasteiger partial charge in [0.2, 0.25) is 5.13 Å². The van der Waals surface area contributed by atoms with Crippen LogP contribution in [0, 0.1) is 0 Å². The van der Waals surface area contributed by atoms with Gasteiger partial charge in [0.15, 0.2) is 5.01 Å². The van der Waals surface area contributed by atoms with Crippen molar-refractivity contribution in [1.82, 2.24) is 10.2 Å². The van der Waals surface area contributed by atoms with Crippen molar-refractivity contribution in [3.8, 4) is 0 Å². The van der Waals surface area contributed by atoms with Gasteiger partial charge in [-0.1, -0.05) is 24.7 Å². The smallest absolute Gasteiger partial charge is 0.291 e. The highest BCUT2D eigenvalue weighted by atomic mass is 32.1. The molecule has 0 atom stereocenters. The number of halogens is 2. The Kier molecular flexibility index (Phi) is 6.60. The molecule has 1 N–H and O–H groups in total. The molecule has 8 heteroatoms. The van der Waals surface area contributed by atoms with Crippen molar-refractivity contribution in [2.75, 3.05) is 23.3 Å². The molecule has 0 fully saturated rings. The molecule has 1 heterocycles. The van der Waals surface area contributed by atoms with Gasteiger partial charge < -0.3 is 4.90 Å². The summed E-state index contributed by atoms with van der Waals surface area (Å²) >= 11 is 0.672. The third kappa shape index (κ3) is 4.70. The molecule has 0 aliphatic rings. The van der Waals surface area contributed by atoms with Crippen LogP contribution in [0.3, 0.4) is 0 Å². The normalized spacial score (nSPS) is 10.9. The van der Waals surface area contributed by atoms with Gasteiger partial charge in [0.1, 0.15) is 0 Å². The first-order chi connectivity index (χ1) is 11.5. The average molecular weight is 354 g/mol. The number of hydrogen-bond donors (Lipinski definition) is 1. The Morgan fingerprint density at radius 2 is 1.96 bits per heavy atom. The Bertz CT molecular complexity index is 660. The van der Waals surface area contributed by atoms with Crippen molar-refractivity contribution in [2.45, 2.75) is 33.1 Å². The molecule has 24 heavy (non-hydrogen) atoms. The number of hydrogen-bond acceptors (Lipinski definition) is 5. The van der Waals surface area contributed by atoms with E-state index in [1.165, 1.54) is 0 Å². The van der Waals surface area contributed by atoms with E-state index in [0.717, 1.165) is 31.6 Å². The van der Waals surface area contributed by atoms with Crippen LogP contribution in [0.25, 0.3) is 0 Å². The topological polar surface area (TPSA) is 58.1 Å². The fourth-order valence-corrected chi connectivity index (χ4v) is 2.78. The number of benzene rings is 1. The van der Waals surface area contributed by atoms with Crippen LogP contribution in [0.15, 0.2) is 24.3 Å². The van der Waals surface area contributed by atoms with Crippen molar-refractivity contribution in [1.29, 1.82) is 0 Å². The zero-order valence-electron chi connectivity index (χ0n) is 13.6. The molecule has 0 saturated heterocycles. The fourth-order valence-electron chi connectivity index (χ4n) is 2.18. The second kappa shape index (κ2) is 8.68. The van der Waals surface area contributed by atoms with Crippen LogP contribution >= 0.6 is 11.3 Å². The Morgan fingerprint density at radius 3 is 2.50 bits per heavy atom. The quantitative estimate of drug-likeness (QED) is 0.765. The van der Waals surface area contributed by atoms with Gasteiger partial charge in [-0.2, -0.15) is 0 Å².